The zero-order valence-corrected chi connectivity index (χ0v) is 14.9. The summed E-state index contributed by atoms with van der Waals surface area (Å²) in [5.41, 5.74) is 0.660. The van der Waals surface area contributed by atoms with Gasteiger partial charge in [0.05, 0.1) is 4.90 Å². The molecule has 1 fully saturated rings. The molecular weight excluding hydrogens is 370 g/mol. The summed E-state index contributed by atoms with van der Waals surface area (Å²) in [6, 6.07) is 9.89. The second-order valence-electron chi connectivity index (χ2n) is 5.88. The number of hydrogen-bond acceptors (Lipinski definition) is 3. The Morgan fingerprint density at radius 1 is 0.920 bits per heavy atom. The first-order chi connectivity index (χ1) is 11.9. The van der Waals surface area contributed by atoms with E-state index in [-0.39, 0.29) is 4.90 Å². The average Bonchev–Trinajstić information content (AvgIpc) is 2.59. The highest BCUT2D eigenvalue weighted by atomic mass is 35.5. The predicted octanol–water partition coefficient (Wildman–Crippen LogP) is 3.12. The van der Waals surface area contributed by atoms with Gasteiger partial charge in [0.15, 0.2) is 11.6 Å². The van der Waals surface area contributed by atoms with Crippen molar-refractivity contribution >= 4 is 21.6 Å². The molecule has 0 N–H and O–H groups in total. The monoisotopic (exact) mass is 386 g/mol. The molecule has 134 valence electrons. The first-order valence-electron chi connectivity index (χ1n) is 7.78. The third-order valence-electron chi connectivity index (χ3n) is 4.17. The maximum atomic E-state index is 13.3. The fourth-order valence-electron chi connectivity index (χ4n) is 2.78. The van der Waals surface area contributed by atoms with Crippen molar-refractivity contribution in [3.8, 4) is 0 Å². The molecule has 0 spiro atoms. The molecule has 2 aromatic rings. The molecule has 1 saturated heterocycles. The molecule has 3 rings (SSSR count). The van der Waals surface area contributed by atoms with Crippen LogP contribution in [0.4, 0.5) is 8.78 Å². The zero-order valence-electron chi connectivity index (χ0n) is 13.3. The van der Waals surface area contributed by atoms with E-state index in [9.17, 15) is 17.2 Å². The Morgan fingerprint density at radius 2 is 1.56 bits per heavy atom. The minimum absolute atomic E-state index is 0.214. The second-order valence-corrected chi connectivity index (χ2v) is 8.26. The highest BCUT2D eigenvalue weighted by molar-refractivity contribution is 7.89. The highest BCUT2D eigenvalue weighted by Crippen LogP contribution is 2.20. The molecule has 1 aliphatic heterocycles. The van der Waals surface area contributed by atoms with Crippen LogP contribution in [0.3, 0.4) is 0 Å². The van der Waals surface area contributed by atoms with Crippen LogP contribution in [0, 0.1) is 11.6 Å². The van der Waals surface area contributed by atoms with Gasteiger partial charge in [0.2, 0.25) is 10.0 Å². The molecule has 4 nitrogen and oxygen atoms in total. The van der Waals surface area contributed by atoms with Crippen molar-refractivity contribution in [2.75, 3.05) is 26.2 Å². The molecular formula is C17H17ClF2N2O2S. The number of piperazine rings is 1. The van der Waals surface area contributed by atoms with Crippen molar-refractivity contribution in [3.05, 3.63) is 64.7 Å². The van der Waals surface area contributed by atoms with Gasteiger partial charge in [0, 0.05) is 37.7 Å². The molecule has 25 heavy (non-hydrogen) atoms. The summed E-state index contributed by atoms with van der Waals surface area (Å²) in [6.07, 6.45) is 0. The van der Waals surface area contributed by atoms with Crippen molar-refractivity contribution in [2.24, 2.45) is 0 Å². The smallest absolute Gasteiger partial charge is 0.243 e. The number of nitrogens with zero attached hydrogens (tertiary/aromatic N) is 2. The van der Waals surface area contributed by atoms with Crippen molar-refractivity contribution < 1.29 is 17.2 Å². The molecule has 0 amide bonds. The van der Waals surface area contributed by atoms with Gasteiger partial charge in [-0.3, -0.25) is 4.90 Å². The summed E-state index contributed by atoms with van der Waals surface area (Å²) in [7, 11) is -3.55. The highest BCUT2D eigenvalue weighted by Gasteiger charge is 2.28. The van der Waals surface area contributed by atoms with E-state index in [1.54, 1.807) is 12.1 Å². The van der Waals surface area contributed by atoms with Crippen molar-refractivity contribution in [1.29, 1.82) is 0 Å². The van der Waals surface area contributed by atoms with Crippen LogP contribution < -0.4 is 0 Å². The van der Waals surface area contributed by atoms with E-state index in [2.05, 4.69) is 0 Å². The quantitative estimate of drug-likeness (QED) is 0.810. The van der Waals surface area contributed by atoms with E-state index >= 15 is 0 Å². The second kappa shape index (κ2) is 7.37. The van der Waals surface area contributed by atoms with Gasteiger partial charge in [-0.05, 0) is 42.0 Å². The van der Waals surface area contributed by atoms with Gasteiger partial charge in [-0.15, -0.1) is 0 Å². The fourth-order valence-corrected chi connectivity index (χ4v) is 4.33. The number of halogens is 3. The van der Waals surface area contributed by atoms with Gasteiger partial charge < -0.3 is 0 Å². The standard InChI is InChI=1S/C17H17ClF2N2O2S/c18-14-2-4-15(5-3-14)25(23,24)22-9-7-21(8-10-22)12-13-1-6-16(19)17(20)11-13/h1-6,11H,7-10,12H2. The third kappa shape index (κ3) is 4.17. The maximum absolute atomic E-state index is 13.3. The van der Waals surface area contributed by atoms with Crippen molar-refractivity contribution in [1.82, 2.24) is 9.21 Å². The Kier molecular flexibility index (Phi) is 5.38. The molecule has 0 atom stereocenters. The van der Waals surface area contributed by atoms with Crippen molar-refractivity contribution in [3.63, 3.8) is 0 Å². The predicted molar refractivity (Wildman–Crippen MR) is 91.8 cm³/mol. The molecule has 1 aliphatic rings. The molecule has 0 unspecified atom stereocenters. The lowest BCUT2D eigenvalue weighted by molar-refractivity contribution is 0.181. The van der Waals surface area contributed by atoms with Crippen LogP contribution in [-0.4, -0.2) is 43.8 Å². The largest absolute Gasteiger partial charge is 0.296 e. The Labute approximate surface area is 150 Å². The summed E-state index contributed by atoms with van der Waals surface area (Å²) in [5, 5.41) is 0.482. The molecule has 0 radical (unpaired) electrons. The summed E-state index contributed by atoms with van der Waals surface area (Å²) in [6.45, 7) is 2.17. The minimum Gasteiger partial charge on any atom is -0.296 e. The first-order valence-corrected chi connectivity index (χ1v) is 9.60. The van der Waals surface area contributed by atoms with Crippen LogP contribution >= 0.6 is 11.6 Å². The van der Waals surface area contributed by atoms with Crippen LogP contribution in [0.5, 0.6) is 0 Å². The number of benzene rings is 2. The molecule has 2 aromatic carbocycles. The lowest BCUT2D eigenvalue weighted by Gasteiger charge is -2.34. The molecule has 1 heterocycles. The Morgan fingerprint density at radius 3 is 2.16 bits per heavy atom. The van der Waals surface area contributed by atoms with Gasteiger partial charge in [-0.1, -0.05) is 17.7 Å². The van der Waals surface area contributed by atoms with Crippen LogP contribution in [0.25, 0.3) is 0 Å². The van der Waals surface area contributed by atoms with Gasteiger partial charge in [-0.25, -0.2) is 17.2 Å². The van der Waals surface area contributed by atoms with E-state index in [0.29, 0.717) is 43.3 Å². The van der Waals surface area contributed by atoms with E-state index in [4.69, 9.17) is 11.6 Å². The maximum Gasteiger partial charge on any atom is 0.243 e. The van der Waals surface area contributed by atoms with E-state index < -0.39 is 21.7 Å². The normalized spacial score (nSPS) is 16.9. The lowest BCUT2D eigenvalue weighted by Crippen LogP contribution is -2.48. The summed E-state index contributed by atoms with van der Waals surface area (Å²) < 4.78 is 52.9. The Hall–Kier alpha value is -1.54. The van der Waals surface area contributed by atoms with E-state index in [1.807, 2.05) is 4.90 Å². The van der Waals surface area contributed by atoms with Gasteiger partial charge in [0.1, 0.15) is 0 Å². The third-order valence-corrected chi connectivity index (χ3v) is 6.34. The van der Waals surface area contributed by atoms with E-state index in [1.165, 1.54) is 28.6 Å². The molecule has 0 aliphatic carbocycles. The lowest BCUT2D eigenvalue weighted by atomic mass is 10.2. The summed E-state index contributed by atoms with van der Waals surface area (Å²) in [5.74, 6) is -1.75. The molecule has 8 heteroatoms. The van der Waals surface area contributed by atoms with Gasteiger partial charge in [0.25, 0.3) is 0 Å². The van der Waals surface area contributed by atoms with Crippen LogP contribution in [0.1, 0.15) is 5.56 Å². The fraction of sp³-hybridized carbons (Fsp3) is 0.294. The van der Waals surface area contributed by atoms with Gasteiger partial charge >= 0.3 is 0 Å². The Bertz CT molecular complexity index is 851. The SMILES string of the molecule is O=S(=O)(c1ccc(Cl)cc1)N1CCN(Cc2ccc(F)c(F)c2)CC1. The van der Waals surface area contributed by atoms with Crippen LogP contribution in [-0.2, 0) is 16.6 Å². The molecule has 0 saturated carbocycles. The van der Waals surface area contributed by atoms with E-state index in [0.717, 1.165) is 6.07 Å². The van der Waals surface area contributed by atoms with Crippen LogP contribution in [0.2, 0.25) is 5.02 Å². The average molecular weight is 387 g/mol. The summed E-state index contributed by atoms with van der Waals surface area (Å²) >= 11 is 5.80. The Balaban J connectivity index is 1.63. The van der Waals surface area contributed by atoms with Crippen molar-refractivity contribution in [2.45, 2.75) is 11.4 Å². The topological polar surface area (TPSA) is 40.6 Å². The number of hydrogen-bond donors (Lipinski definition) is 0. The minimum atomic E-state index is -3.55. The van der Waals surface area contributed by atoms with Crippen LogP contribution in [0.15, 0.2) is 47.4 Å². The number of rotatable bonds is 4. The van der Waals surface area contributed by atoms with Gasteiger partial charge in [-0.2, -0.15) is 4.31 Å². The molecule has 0 aromatic heterocycles. The number of sulfonamides is 1. The molecule has 0 bridgehead atoms. The first kappa shape index (κ1) is 18.3. The zero-order chi connectivity index (χ0) is 18.0. The summed E-state index contributed by atoms with van der Waals surface area (Å²) in [4.78, 5) is 2.23.